The molecule has 3 nitrogen and oxygen atoms in total. The Morgan fingerprint density at radius 2 is 2.18 bits per heavy atom. The zero-order valence-corrected chi connectivity index (χ0v) is 7.03. The Labute approximate surface area is 67.7 Å². The quantitative estimate of drug-likeness (QED) is 0.184. The van der Waals surface area contributed by atoms with Crippen molar-refractivity contribution in [3.63, 3.8) is 0 Å². The second kappa shape index (κ2) is 9.05. The second-order valence-corrected chi connectivity index (χ2v) is 2.37. The maximum atomic E-state index is 7.95. The molecule has 0 unspecified atom stereocenters. The van der Waals surface area contributed by atoms with Crippen molar-refractivity contribution in [2.24, 2.45) is 5.11 Å². The number of unbranched alkanes of at least 4 members (excludes halogenated alkanes) is 3. The number of rotatable bonds is 6. The van der Waals surface area contributed by atoms with Gasteiger partial charge < -0.3 is 0 Å². The molecule has 0 aromatic heterocycles. The van der Waals surface area contributed by atoms with Crippen molar-refractivity contribution in [3.05, 3.63) is 22.6 Å². The molecule has 0 bridgehead atoms. The van der Waals surface area contributed by atoms with Gasteiger partial charge in [0.2, 0.25) is 0 Å². The molecule has 0 radical (unpaired) electrons. The molecule has 0 amide bonds. The van der Waals surface area contributed by atoms with E-state index in [-0.39, 0.29) is 0 Å². The van der Waals surface area contributed by atoms with E-state index in [0.29, 0.717) is 6.54 Å². The zero-order valence-electron chi connectivity index (χ0n) is 7.03. The van der Waals surface area contributed by atoms with Gasteiger partial charge in [0, 0.05) is 11.5 Å². The van der Waals surface area contributed by atoms with E-state index in [2.05, 4.69) is 22.2 Å². The molecule has 0 aliphatic carbocycles. The third-order valence-corrected chi connectivity index (χ3v) is 1.43. The molecule has 0 spiro atoms. The second-order valence-electron chi connectivity index (χ2n) is 2.37. The topological polar surface area (TPSA) is 48.8 Å². The number of azide groups is 1. The average molecular weight is 153 g/mol. The minimum absolute atomic E-state index is 0.645. The largest absolute Gasteiger partial charge is 0.0940 e. The number of hydrogen-bond donors (Lipinski definition) is 0. The standard InChI is InChI=1S/C8H15N3/c1-2-3-4-5-6-7-8-10-11-9/h2-3H,4-8H2,1H3/b3-2+. The van der Waals surface area contributed by atoms with Crippen LogP contribution in [0.4, 0.5) is 0 Å². The van der Waals surface area contributed by atoms with E-state index in [1.807, 2.05) is 6.92 Å². The van der Waals surface area contributed by atoms with Crippen LogP contribution in [0.15, 0.2) is 17.3 Å². The van der Waals surface area contributed by atoms with E-state index in [4.69, 9.17) is 5.53 Å². The summed E-state index contributed by atoms with van der Waals surface area (Å²) < 4.78 is 0. The van der Waals surface area contributed by atoms with Crippen LogP contribution in [0.5, 0.6) is 0 Å². The summed E-state index contributed by atoms with van der Waals surface area (Å²) in [6, 6.07) is 0. The predicted octanol–water partition coefficient (Wildman–Crippen LogP) is 3.43. The van der Waals surface area contributed by atoms with Crippen molar-refractivity contribution in [1.29, 1.82) is 0 Å². The van der Waals surface area contributed by atoms with Gasteiger partial charge >= 0.3 is 0 Å². The van der Waals surface area contributed by atoms with Gasteiger partial charge in [0.25, 0.3) is 0 Å². The minimum atomic E-state index is 0.645. The molecule has 62 valence electrons. The molecule has 0 aromatic carbocycles. The lowest BCUT2D eigenvalue weighted by molar-refractivity contribution is 0.693. The van der Waals surface area contributed by atoms with Crippen LogP contribution >= 0.6 is 0 Å². The van der Waals surface area contributed by atoms with Crippen LogP contribution < -0.4 is 0 Å². The van der Waals surface area contributed by atoms with Crippen molar-refractivity contribution in [1.82, 2.24) is 0 Å². The van der Waals surface area contributed by atoms with E-state index < -0.39 is 0 Å². The lowest BCUT2D eigenvalue weighted by Crippen LogP contribution is -1.79. The van der Waals surface area contributed by atoms with E-state index in [9.17, 15) is 0 Å². The van der Waals surface area contributed by atoms with Crippen molar-refractivity contribution >= 4 is 0 Å². The Kier molecular flexibility index (Phi) is 8.27. The predicted molar refractivity (Wildman–Crippen MR) is 47.3 cm³/mol. The monoisotopic (exact) mass is 153 g/mol. The molecule has 0 N–H and O–H groups in total. The van der Waals surface area contributed by atoms with Gasteiger partial charge in [-0.1, -0.05) is 23.7 Å². The van der Waals surface area contributed by atoms with E-state index in [1.165, 1.54) is 6.42 Å². The van der Waals surface area contributed by atoms with Gasteiger partial charge in [-0.3, -0.25) is 0 Å². The molecule has 0 aromatic rings. The van der Waals surface area contributed by atoms with Crippen molar-refractivity contribution in [2.45, 2.75) is 32.6 Å². The van der Waals surface area contributed by atoms with E-state index in [1.54, 1.807) is 0 Å². The molecule has 0 saturated heterocycles. The normalized spacial score (nSPS) is 9.91. The Balaban J connectivity index is 2.96. The number of hydrogen-bond acceptors (Lipinski definition) is 1. The molecular weight excluding hydrogens is 138 g/mol. The fourth-order valence-corrected chi connectivity index (χ4v) is 0.833. The lowest BCUT2D eigenvalue weighted by Gasteiger charge is -1.92. The minimum Gasteiger partial charge on any atom is -0.0940 e. The van der Waals surface area contributed by atoms with E-state index >= 15 is 0 Å². The van der Waals surface area contributed by atoms with Gasteiger partial charge in [-0.2, -0.15) is 0 Å². The molecule has 0 fully saturated rings. The van der Waals surface area contributed by atoms with Crippen molar-refractivity contribution < 1.29 is 0 Å². The number of allylic oxidation sites excluding steroid dienone is 2. The maximum absolute atomic E-state index is 7.95. The highest BCUT2D eigenvalue weighted by molar-refractivity contribution is 4.76. The molecule has 0 aliphatic rings. The zero-order chi connectivity index (χ0) is 8.36. The van der Waals surface area contributed by atoms with Gasteiger partial charge in [-0.15, -0.1) is 0 Å². The first kappa shape index (κ1) is 10.0. The Hall–Kier alpha value is -0.950. The first-order valence-electron chi connectivity index (χ1n) is 4.04. The van der Waals surface area contributed by atoms with Gasteiger partial charge in [-0.25, -0.2) is 0 Å². The summed E-state index contributed by atoms with van der Waals surface area (Å²) in [5.41, 5.74) is 7.95. The fraction of sp³-hybridized carbons (Fsp3) is 0.750. The molecule has 0 heterocycles. The summed E-state index contributed by atoms with van der Waals surface area (Å²) in [6.45, 7) is 2.67. The van der Waals surface area contributed by atoms with E-state index in [0.717, 1.165) is 19.3 Å². The summed E-state index contributed by atoms with van der Waals surface area (Å²) in [5.74, 6) is 0. The summed E-state index contributed by atoms with van der Waals surface area (Å²) in [7, 11) is 0. The van der Waals surface area contributed by atoms with Crippen LogP contribution in [-0.2, 0) is 0 Å². The first-order chi connectivity index (χ1) is 5.41. The van der Waals surface area contributed by atoms with Crippen LogP contribution in [0.1, 0.15) is 32.6 Å². The first-order valence-corrected chi connectivity index (χ1v) is 4.04. The van der Waals surface area contributed by atoms with Crippen LogP contribution in [0.3, 0.4) is 0 Å². The summed E-state index contributed by atoms with van der Waals surface area (Å²) in [6.07, 6.45) is 8.74. The Bertz CT molecular complexity index is 145. The molecular formula is C8H15N3. The Morgan fingerprint density at radius 1 is 1.36 bits per heavy atom. The van der Waals surface area contributed by atoms with Crippen molar-refractivity contribution in [2.75, 3.05) is 6.54 Å². The SMILES string of the molecule is C/C=C/CCCCCN=[N+]=[N-]. The molecule has 0 atom stereocenters. The van der Waals surface area contributed by atoms with Crippen molar-refractivity contribution in [3.8, 4) is 0 Å². The molecule has 3 heteroatoms. The average Bonchev–Trinajstić information content (AvgIpc) is 2.03. The highest BCUT2D eigenvalue weighted by atomic mass is 15.1. The molecule has 0 aliphatic heterocycles. The van der Waals surface area contributed by atoms with Gasteiger partial charge in [0.05, 0.1) is 0 Å². The highest BCUT2D eigenvalue weighted by Gasteiger charge is 1.84. The highest BCUT2D eigenvalue weighted by Crippen LogP contribution is 2.00. The van der Waals surface area contributed by atoms with Gasteiger partial charge in [-0.05, 0) is 31.7 Å². The fourth-order valence-electron chi connectivity index (χ4n) is 0.833. The smallest absolute Gasteiger partial charge is 0.0257 e. The van der Waals surface area contributed by atoms with Crippen LogP contribution in [0.25, 0.3) is 10.4 Å². The van der Waals surface area contributed by atoms with Crippen LogP contribution in [-0.4, -0.2) is 6.54 Å². The number of nitrogens with zero attached hydrogens (tertiary/aromatic N) is 3. The van der Waals surface area contributed by atoms with Crippen LogP contribution in [0.2, 0.25) is 0 Å². The maximum Gasteiger partial charge on any atom is 0.0257 e. The van der Waals surface area contributed by atoms with Crippen LogP contribution in [0, 0.1) is 0 Å². The summed E-state index contributed by atoms with van der Waals surface area (Å²) in [5, 5.41) is 3.45. The molecule has 0 saturated carbocycles. The molecule has 11 heavy (non-hydrogen) atoms. The Morgan fingerprint density at radius 3 is 2.82 bits per heavy atom. The van der Waals surface area contributed by atoms with Gasteiger partial charge in [0.1, 0.15) is 0 Å². The third kappa shape index (κ3) is 9.05. The third-order valence-electron chi connectivity index (χ3n) is 1.43. The summed E-state index contributed by atoms with van der Waals surface area (Å²) >= 11 is 0. The molecule has 0 rings (SSSR count). The van der Waals surface area contributed by atoms with Gasteiger partial charge in [0.15, 0.2) is 0 Å². The summed E-state index contributed by atoms with van der Waals surface area (Å²) in [4.78, 5) is 2.68. The lowest BCUT2D eigenvalue weighted by atomic mass is 10.2.